The van der Waals surface area contributed by atoms with E-state index in [2.05, 4.69) is 4.99 Å². The molecular formula is C16H22N2O5. The Morgan fingerprint density at radius 1 is 1.17 bits per heavy atom. The molecule has 0 aliphatic carbocycles. The Morgan fingerprint density at radius 3 is 2.09 bits per heavy atom. The van der Waals surface area contributed by atoms with Crippen molar-refractivity contribution in [2.24, 2.45) is 16.6 Å². The van der Waals surface area contributed by atoms with E-state index in [1.165, 1.54) is 6.08 Å². The molecule has 0 saturated carbocycles. The number of nitrogens with zero attached hydrogens (tertiary/aromatic N) is 1. The number of nitrogens with two attached hydrogens (primary N) is 1. The van der Waals surface area contributed by atoms with E-state index in [1.54, 1.807) is 24.3 Å². The molecule has 7 heteroatoms. The van der Waals surface area contributed by atoms with Crippen molar-refractivity contribution in [1.29, 1.82) is 0 Å². The van der Waals surface area contributed by atoms with Gasteiger partial charge < -0.3 is 15.9 Å². The lowest BCUT2D eigenvalue weighted by Crippen LogP contribution is -2.31. The number of benzene rings is 1. The van der Waals surface area contributed by atoms with Gasteiger partial charge in [0, 0.05) is 6.42 Å². The second-order valence-electron chi connectivity index (χ2n) is 5.34. The number of carboxylic acids is 2. The van der Waals surface area contributed by atoms with Gasteiger partial charge in [0.2, 0.25) is 6.08 Å². The average molecular weight is 322 g/mol. The first kappa shape index (κ1) is 20.5. The molecule has 0 spiro atoms. The summed E-state index contributed by atoms with van der Waals surface area (Å²) in [5, 5.41) is 17.0. The third-order valence-corrected chi connectivity index (χ3v) is 2.81. The van der Waals surface area contributed by atoms with E-state index in [9.17, 15) is 14.4 Å². The Bertz CT molecular complexity index is 537. The zero-order valence-corrected chi connectivity index (χ0v) is 13.2. The summed E-state index contributed by atoms with van der Waals surface area (Å²) >= 11 is 0. The number of carbonyl (C=O) groups is 2. The van der Waals surface area contributed by atoms with Gasteiger partial charge in [0.15, 0.2) is 6.04 Å². The van der Waals surface area contributed by atoms with Crippen LogP contribution in [0.5, 0.6) is 0 Å². The fraction of sp³-hybridized carbons (Fsp3) is 0.438. The second-order valence-corrected chi connectivity index (χ2v) is 5.34. The van der Waals surface area contributed by atoms with Crippen LogP contribution in [0.2, 0.25) is 0 Å². The molecule has 0 heterocycles. The molecule has 1 rings (SSSR count). The molecule has 126 valence electrons. The summed E-state index contributed by atoms with van der Waals surface area (Å²) in [5.41, 5.74) is 6.05. The van der Waals surface area contributed by atoms with Crippen LogP contribution in [-0.2, 0) is 20.8 Å². The van der Waals surface area contributed by atoms with Crippen LogP contribution in [0.15, 0.2) is 35.3 Å². The first-order valence-corrected chi connectivity index (χ1v) is 7.10. The number of isocyanates is 1. The van der Waals surface area contributed by atoms with Gasteiger partial charge in [-0.3, -0.25) is 4.79 Å². The van der Waals surface area contributed by atoms with E-state index in [0.717, 1.165) is 5.56 Å². The fourth-order valence-electron chi connectivity index (χ4n) is 1.70. The lowest BCUT2D eigenvalue weighted by atomic mass is 10.1. The van der Waals surface area contributed by atoms with Crippen LogP contribution in [0.25, 0.3) is 0 Å². The predicted octanol–water partition coefficient (Wildman–Crippen LogP) is 1.46. The first-order valence-electron chi connectivity index (χ1n) is 7.10. The number of hydrogen-bond donors (Lipinski definition) is 3. The Kier molecular flexibility index (Phi) is 9.91. The van der Waals surface area contributed by atoms with Crippen LogP contribution < -0.4 is 5.73 Å². The third-order valence-electron chi connectivity index (χ3n) is 2.81. The Balaban J connectivity index is 0.000000468. The number of hydrogen-bond acceptors (Lipinski definition) is 5. The largest absolute Gasteiger partial charge is 0.480 e. The summed E-state index contributed by atoms with van der Waals surface area (Å²) in [5.74, 6) is -1.67. The highest BCUT2D eigenvalue weighted by Gasteiger charge is 2.16. The summed E-state index contributed by atoms with van der Waals surface area (Å²) in [4.78, 5) is 33.9. The Labute approximate surface area is 134 Å². The van der Waals surface area contributed by atoms with Crippen LogP contribution in [-0.4, -0.2) is 40.3 Å². The van der Waals surface area contributed by atoms with Crippen LogP contribution in [0.1, 0.15) is 25.8 Å². The minimum absolute atomic E-state index is 0.214. The molecule has 1 aromatic carbocycles. The van der Waals surface area contributed by atoms with Crippen molar-refractivity contribution in [2.45, 2.75) is 38.8 Å². The van der Waals surface area contributed by atoms with E-state index in [4.69, 9.17) is 15.9 Å². The molecule has 0 bridgehead atoms. The molecule has 0 saturated heterocycles. The summed E-state index contributed by atoms with van der Waals surface area (Å²) in [6, 6.07) is 7.30. The molecule has 0 aliphatic heterocycles. The molecule has 4 N–H and O–H groups in total. The summed E-state index contributed by atoms with van der Waals surface area (Å²) in [7, 11) is 0. The third kappa shape index (κ3) is 9.95. The Hall–Kier alpha value is -2.50. The fourth-order valence-corrected chi connectivity index (χ4v) is 1.70. The summed E-state index contributed by atoms with van der Waals surface area (Å²) in [6.45, 7) is 3.89. The molecule has 0 fully saturated rings. The highest BCUT2D eigenvalue weighted by Crippen LogP contribution is 2.05. The summed E-state index contributed by atoms with van der Waals surface area (Å²) < 4.78 is 0. The maximum Gasteiger partial charge on any atom is 0.329 e. The van der Waals surface area contributed by atoms with Crippen LogP contribution >= 0.6 is 0 Å². The smallest absolute Gasteiger partial charge is 0.329 e. The molecule has 2 unspecified atom stereocenters. The Morgan fingerprint density at radius 2 is 1.74 bits per heavy atom. The van der Waals surface area contributed by atoms with E-state index < -0.39 is 24.0 Å². The van der Waals surface area contributed by atoms with Gasteiger partial charge in [0.1, 0.15) is 6.04 Å². The van der Waals surface area contributed by atoms with Gasteiger partial charge in [0.25, 0.3) is 0 Å². The number of rotatable bonds is 7. The topological polar surface area (TPSA) is 130 Å². The molecule has 0 aromatic heterocycles. The molecule has 23 heavy (non-hydrogen) atoms. The van der Waals surface area contributed by atoms with Crippen molar-refractivity contribution < 1.29 is 24.6 Å². The van der Waals surface area contributed by atoms with Gasteiger partial charge in [-0.25, -0.2) is 9.59 Å². The molecule has 2 atom stereocenters. The maximum absolute atomic E-state index is 10.6. The molecular weight excluding hydrogens is 300 g/mol. The number of carbonyl (C=O) groups excluding carboxylic acids is 1. The average Bonchev–Trinajstić information content (AvgIpc) is 2.47. The van der Waals surface area contributed by atoms with Crippen molar-refractivity contribution in [3.63, 3.8) is 0 Å². The summed E-state index contributed by atoms with van der Waals surface area (Å²) in [6.07, 6.45) is 2.03. The van der Waals surface area contributed by atoms with Crippen molar-refractivity contribution in [2.75, 3.05) is 0 Å². The van der Waals surface area contributed by atoms with E-state index in [1.807, 2.05) is 19.9 Å². The van der Waals surface area contributed by atoms with Gasteiger partial charge in [0.05, 0.1) is 0 Å². The highest BCUT2D eigenvalue weighted by atomic mass is 16.4. The minimum atomic E-state index is -1.11. The van der Waals surface area contributed by atoms with Gasteiger partial charge >= 0.3 is 11.9 Å². The van der Waals surface area contributed by atoms with E-state index in [0.29, 0.717) is 12.3 Å². The molecule has 0 radical (unpaired) electrons. The van der Waals surface area contributed by atoms with Crippen molar-refractivity contribution in [3.05, 3.63) is 35.9 Å². The first-order chi connectivity index (χ1) is 10.8. The predicted molar refractivity (Wildman–Crippen MR) is 84.8 cm³/mol. The molecule has 0 aliphatic rings. The number of carboxylic acid groups (broad SMARTS) is 2. The van der Waals surface area contributed by atoms with Crippen LogP contribution in [0.4, 0.5) is 0 Å². The van der Waals surface area contributed by atoms with Crippen LogP contribution in [0.3, 0.4) is 0 Å². The monoisotopic (exact) mass is 322 g/mol. The normalized spacial score (nSPS) is 12.3. The van der Waals surface area contributed by atoms with E-state index in [-0.39, 0.29) is 6.42 Å². The van der Waals surface area contributed by atoms with Crippen LogP contribution in [0, 0.1) is 5.92 Å². The van der Waals surface area contributed by atoms with E-state index >= 15 is 0 Å². The molecule has 0 amide bonds. The van der Waals surface area contributed by atoms with Crippen molar-refractivity contribution >= 4 is 18.0 Å². The minimum Gasteiger partial charge on any atom is -0.480 e. The zero-order valence-electron chi connectivity index (χ0n) is 13.2. The second kappa shape index (κ2) is 11.1. The SMILES string of the molecule is CC(C)CC(N)C(=O)O.O=C=NC(Cc1ccccc1)C(=O)O. The van der Waals surface area contributed by atoms with Gasteiger partial charge in [-0.2, -0.15) is 4.99 Å². The van der Waals surface area contributed by atoms with Crippen molar-refractivity contribution in [3.8, 4) is 0 Å². The standard InChI is InChI=1S/C10H9NO3.C6H13NO2/c12-7-11-9(10(13)14)6-8-4-2-1-3-5-8;1-4(2)3-5(7)6(8)9/h1-5,9H,6H2,(H,13,14);4-5H,3,7H2,1-2H3,(H,8,9). The number of aliphatic carboxylic acids is 2. The maximum atomic E-state index is 10.6. The lowest BCUT2D eigenvalue weighted by Gasteiger charge is -2.07. The molecule has 1 aromatic rings. The highest BCUT2D eigenvalue weighted by molar-refractivity contribution is 5.75. The van der Waals surface area contributed by atoms with Gasteiger partial charge in [-0.1, -0.05) is 44.2 Å². The van der Waals surface area contributed by atoms with Gasteiger partial charge in [-0.05, 0) is 17.9 Å². The number of aliphatic imine (C=N–C) groups is 1. The quantitative estimate of drug-likeness (QED) is 0.514. The van der Waals surface area contributed by atoms with Gasteiger partial charge in [-0.15, -0.1) is 0 Å². The zero-order chi connectivity index (χ0) is 17.8. The van der Waals surface area contributed by atoms with Crippen molar-refractivity contribution in [1.82, 2.24) is 0 Å². The lowest BCUT2D eigenvalue weighted by molar-refractivity contribution is -0.139. The molecule has 7 nitrogen and oxygen atoms in total.